The molecule has 1 aromatic heterocycles. The summed E-state index contributed by atoms with van der Waals surface area (Å²) in [6, 6.07) is 7.48. The van der Waals surface area contributed by atoms with Crippen LogP contribution in [0.2, 0.25) is 0 Å². The van der Waals surface area contributed by atoms with E-state index in [-0.39, 0.29) is 5.56 Å². The standard InChI is InChI=1S/C20H23NO5/c1-14-3-5-15(6-4-14)16-11-21(12-17(18(16)22)19(23)24)13-20(25-2)7-9-26-10-8-20/h3-6,11-12H,7-10,13H2,1-2H3,(H,23,24). The van der Waals surface area contributed by atoms with Gasteiger partial charge in [0.25, 0.3) is 0 Å². The molecule has 1 fully saturated rings. The third kappa shape index (κ3) is 3.71. The van der Waals surface area contributed by atoms with Crippen molar-refractivity contribution in [2.75, 3.05) is 20.3 Å². The lowest BCUT2D eigenvalue weighted by Gasteiger charge is -2.36. The topological polar surface area (TPSA) is 77.8 Å². The molecule has 0 unspecified atom stereocenters. The molecule has 0 atom stereocenters. The second-order valence-corrected chi connectivity index (χ2v) is 6.76. The summed E-state index contributed by atoms with van der Waals surface area (Å²) in [7, 11) is 1.66. The van der Waals surface area contributed by atoms with Gasteiger partial charge in [-0.3, -0.25) is 4.79 Å². The Morgan fingerprint density at radius 3 is 2.46 bits per heavy atom. The summed E-state index contributed by atoms with van der Waals surface area (Å²) in [5, 5.41) is 9.47. The second kappa shape index (κ2) is 7.43. The minimum absolute atomic E-state index is 0.235. The van der Waals surface area contributed by atoms with Crippen LogP contribution < -0.4 is 5.43 Å². The minimum atomic E-state index is -1.23. The molecule has 2 aromatic rings. The van der Waals surface area contributed by atoms with E-state index in [1.807, 2.05) is 31.2 Å². The highest BCUT2D eigenvalue weighted by molar-refractivity contribution is 5.88. The first-order chi connectivity index (χ1) is 12.4. The van der Waals surface area contributed by atoms with Gasteiger partial charge in [0.1, 0.15) is 5.56 Å². The summed E-state index contributed by atoms with van der Waals surface area (Å²) in [4.78, 5) is 24.2. The Hall–Kier alpha value is -2.44. The highest BCUT2D eigenvalue weighted by atomic mass is 16.5. The van der Waals surface area contributed by atoms with E-state index in [9.17, 15) is 14.7 Å². The van der Waals surface area contributed by atoms with E-state index in [0.717, 1.165) is 18.4 Å². The van der Waals surface area contributed by atoms with Gasteiger partial charge in [-0.25, -0.2) is 4.79 Å². The normalized spacial score (nSPS) is 16.4. The van der Waals surface area contributed by atoms with Crippen molar-refractivity contribution in [3.63, 3.8) is 0 Å². The summed E-state index contributed by atoms with van der Waals surface area (Å²) in [6.45, 7) is 3.63. The smallest absolute Gasteiger partial charge is 0.341 e. The van der Waals surface area contributed by atoms with Gasteiger partial charge in [0.05, 0.1) is 12.1 Å². The van der Waals surface area contributed by atoms with E-state index in [4.69, 9.17) is 9.47 Å². The van der Waals surface area contributed by atoms with Gasteiger partial charge in [0, 0.05) is 51.1 Å². The van der Waals surface area contributed by atoms with Crippen LogP contribution in [-0.2, 0) is 16.0 Å². The number of carbonyl (C=O) groups is 1. The predicted octanol–water partition coefficient (Wildman–Crippen LogP) is 2.72. The molecule has 1 aliphatic heterocycles. The number of nitrogens with zero attached hydrogens (tertiary/aromatic N) is 1. The van der Waals surface area contributed by atoms with Crippen molar-refractivity contribution in [1.82, 2.24) is 4.57 Å². The molecule has 2 heterocycles. The molecule has 6 nitrogen and oxygen atoms in total. The van der Waals surface area contributed by atoms with Gasteiger partial charge in [-0.05, 0) is 12.5 Å². The monoisotopic (exact) mass is 357 g/mol. The van der Waals surface area contributed by atoms with Crippen molar-refractivity contribution in [3.05, 3.63) is 58.0 Å². The zero-order chi connectivity index (χ0) is 18.7. The van der Waals surface area contributed by atoms with Gasteiger partial charge in [-0.2, -0.15) is 0 Å². The molecule has 3 rings (SSSR count). The molecule has 1 N–H and O–H groups in total. The van der Waals surface area contributed by atoms with E-state index >= 15 is 0 Å². The maximum Gasteiger partial charge on any atom is 0.341 e. The van der Waals surface area contributed by atoms with Gasteiger partial charge in [0.2, 0.25) is 5.43 Å². The average molecular weight is 357 g/mol. The second-order valence-electron chi connectivity index (χ2n) is 6.76. The third-order valence-electron chi connectivity index (χ3n) is 4.98. The number of rotatable bonds is 5. The summed E-state index contributed by atoms with van der Waals surface area (Å²) in [6.07, 6.45) is 4.56. The summed E-state index contributed by atoms with van der Waals surface area (Å²) in [5.41, 5.74) is 1.02. The lowest BCUT2D eigenvalue weighted by molar-refractivity contribution is -0.0986. The van der Waals surface area contributed by atoms with Crippen molar-refractivity contribution in [2.24, 2.45) is 0 Å². The Labute approximate surface area is 152 Å². The Bertz CT molecular complexity index is 847. The van der Waals surface area contributed by atoms with Crippen LogP contribution in [0.4, 0.5) is 0 Å². The Balaban J connectivity index is 2.07. The lowest BCUT2D eigenvalue weighted by atomic mass is 9.93. The molecule has 0 saturated carbocycles. The first-order valence-electron chi connectivity index (χ1n) is 8.61. The van der Waals surface area contributed by atoms with E-state index < -0.39 is 17.0 Å². The summed E-state index contributed by atoms with van der Waals surface area (Å²) >= 11 is 0. The van der Waals surface area contributed by atoms with Crippen molar-refractivity contribution in [2.45, 2.75) is 31.9 Å². The van der Waals surface area contributed by atoms with E-state index in [2.05, 4.69) is 0 Å². The first-order valence-corrected chi connectivity index (χ1v) is 8.61. The van der Waals surface area contributed by atoms with Crippen molar-refractivity contribution < 1.29 is 19.4 Å². The maximum atomic E-state index is 12.6. The zero-order valence-electron chi connectivity index (χ0n) is 15.0. The SMILES string of the molecule is COC1(Cn2cc(C(=O)O)c(=O)c(-c3ccc(C)cc3)c2)CCOCC1. The Morgan fingerprint density at radius 2 is 1.88 bits per heavy atom. The molecule has 0 bridgehead atoms. The molecule has 26 heavy (non-hydrogen) atoms. The fourth-order valence-electron chi connectivity index (χ4n) is 3.32. The van der Waals surface area contributed by atoms with Crippen molar-refractivity contribution >= 4 is 5.97 Å². The highest BCUT2D eigenvalue weighted by Crippen LogP contribution is 2.27. The van der Waals surface area contributed by atoms with Gasteiger partial charge >= 0.3 is 5.97 Å². The maximum absolute atomic E-state index is 12.6. The number of aryl methyl sites for hydroxylation is 1. The molecule has 0 spiro atoms. The number of aromatic nitrogens is 1. The molecule has 1 aliphatic rings. The number of hydrogen-bond acceptors (Lipinski definition) is 4. The van der Waals surface area contributed by atoms with Crippen molar-refractivity contribution in [1.29, 1.82) is 0 Å². The number of carboxylic acid groups (broad SMARTS) is 1. The quantitative estimate of drug-likeness (QED) is 0.890. The van der Waals surface area contributed by atoms with E-state index in [0.29, 0.717) is 30.9 Å². The largest absolute Gasteiger partial charge is 0.477 e. The predicted molar refractivity (Wildman–Crippen MR) is 97.6 cm³/mol. The molecular weight excluding hydrogens is 334 g/mol. The molecule has 0 aliphatic carbocycles. The van der Waals surface area contributed by atoms with Crippen LogP contribution >= 0.6 is 0 Å². The number of aromatic carboxylic acids is 1. The molecule has 0 radical (unpaired) electrons. The van der Waals surface area contributed by atoms with Gasteiger partial charge < -0.3 is 19.1 Å². The fraction of sp³-hybridized carbons (Fsp3) is 0.400. The summed E-state index contributed by atoms with van der Waals surface area (Å²) < 4.78 is 12.9. The van der Waals surface area contributed by atoms with Gasteiger partial charge in [-0.15, -0.1) is 0 Å². The van der Waals surface area contributed by atoms with Crippen LogP contribution in [0.5, 0.6) is 0 Å². The van der Waals surface area contributed by atoms with Gasteiger partial charge in [-0.1, -0.05) is 29.8 Å². The van der Waals surface area contributed by atoms with Crippen LogP contribution in [0.3, 0.4) is 0 Å². The lowest BCUT2D eigenvalue weighted by Crippen LogP contribution is -2.42. The molecule has 1 aromatic carbocycles. The number of methoxy groups -OCH3 is 1. The molecule has 6 heteroatoms. The minimum Gasteiger partial charge on any atom is -0.477 e. The van der Waals surface area contributed by atoms with Crippen LogP contribution in [0.15, 0.2) is 41.5 Å². The van der Waals surface area contributed by atoms with Crippen molar-refractivity contribution in [3.8, 4) is 11.1 Å². The zero-order valence-corrected chi connectivity index (χ0v) is 15.0. The third-order valence-corrected chi connectivity index (χ3v) is 4.98. The summed E-state index contributed by atoms with van der Waals surface area (Å²) in [5.74, 6) is -1.23. The number of ether oxygens (including phenoxy) is 2. The molecule has 1 saturated heterocycles. The van der Waals surface area contributed by atoms with Crippen LogP contribution in [-0.4, -0.2) is 41.6 Å². The number of hydrogen-bond donors (Lipinski definition) is 1. The highest BCUT2D eigenvalue weighted by Gasteiger charge is 2.33. The molecule has 0 amide bonds. The number of benzene rings is 1. The number of pyridine rings is 1. The van der Waals surface area contributed by atoms with E-state index in [1.54, 1.807) is 17.9 Å². The molecule has 138 valence electrons. The molecular formula is C20H23NO5. The average Bonchev–Trinajstić information content (AvgIpc) is 2.64. The first kappa shape index (κ1) is 18.4. The van der Waals surface area contributed by atoms with Crippen LogP contribution in [0.25, 0.3) is 11.1 Å². The Morgan fingerprint density at radius 1 is 1.23 bits per heavy atom. The Kier molecular flexibility index (Phi) is 5.25. The fourth-order valence-corrected chi connectivity index (χ4v) is 3.32. The van der Waals surface area contributed by atoms with Crippen LogP contribution in [0, 0.1) is 6.92 Å². The van der Waals surface area contributed by atoms with E-state index in [1.165, 1.54) is 6.20 Å². The van der Waals surface area contributed by atoms with Gasteiger partial charge in [0.15, 0.2) is 0 Å². The number of carboxylic acids is 1. The van der Waals surface area contributed by atoms with Crippen LogP contribution in [0.1, 0.15) is 28.8 Å².